The Morgan fingerprint density at radius 2 is 2.41 bits per heavy atom. The number of nitriles is 1. The Morgan fingerprint density at radius 3 is 3.12 bits per heavy atom. The van der Waals surface area contributed by atoms with Crippen LogP contribution in [0.4, 0.5) is 0 Å². The molecule has 84 valence electrons. The van der Waals surface area contributed by atoms with Crippen LogP contribution in [0, 0.1) is 11.3 Å². The number of amides is 1. The van der Waals surface area contributed by atoms with E-state index < -0.39 is 0 Å². The summed E-state index contributed by atoms with van der Waals surface area (Å²) in [6.45, 7) is 0.402. The van der Waals surface area contributed by atoms with Gasteiger partial charge in [-0.2, -0.15) is 5.26 Å². The highest BCUT2D eigenvalue weighted by atomic mass is 32.1. The monoisotopic (exact) mass is 243 g/mol. The molecule has 0 fully saturated rings. The number of carbonyl (C=O) groups excluding carboxylic acids is 1. The Bertz CT molecular complexity index is 557. The molecular weight excluding hydrogens is 234 g/mol. The molecule has 1 heterocycles. The van der Waals surface area contributed by atoms with Gasteiger partial charge in [-0.15, -0.1) is 11.3 Å². The van der Waals surface area contributed by atoms with Crippen LogP contribution in [0.2, 0.25) is 0 Å². The number of carbonyl (C=O) groups is 1. The molecular formula is C12H9N3OS. The Morgan fingerprint density at radius 1 is 1.53 bits per heavy atom. The minimum Gasteiger partial charge on any atom is -0.346 e. The smallest absolute Gasteiger partial charge is 0.251 e. The molecule has 1 amide bonds. The summed E-state index contributed by atoms with van der Waals surface area (Å²) < 4.78 is 0. The van der Waals surface area contributed by atoms with E-state index in [0.29, 0.717) is 17.7 Å². The quantitative estimate of drug-likeness (QED) is 0.896. The maximum Gasteiger partial charge on any atom is 0.251 e. The van der Waals surface area contributed by atoms with Crippen LogP contribution >= 0.6 is 11.3 Å². The number of rotatable bonds is 3. The lowest BCUT2D eigenvalue weighted by Gasteiger charge is -2.03. The Kier molecular flexibility index (Phi) is 3.48. The molecule has 1 aromatic carbocycles. The van der Waals surface area contributed by atoms with E-state index in [2.05, 4.69) is 10.3 Å². The SMILES string of the molecule is N#Cc1cccc(C(=O)NCc2cscn2)c1. The fraction of sp³-hybridized carbons (Fsp3) is 0.0833. The van der Waals surface area contributed by atoms with E-state index in [9.17, 15) is 4.79 Å². The van der Waals surface area contributed by atoms with Crippen molar-refractivity contribution < 1.29 is 4.79 Å². The average Bonchev–Trinajstić information content (AvgIpc) is 2.89. The van der Waals surface area contributed by atoms with Gasteiger partial charge >= 0.3 is 0 Å². The average molecular weight is 243 g/mol. The van der Waals surface area contributed by atoms with Crippen LogP contribution in [0.15, 0.2) is 35.2 Å². The van der Waals surface area contributed by atoms with E-state index in [-0.39, 0.29) is 5.91 Å². The molecule has 0 atom stereocenters. The van der Waals surface area contributed by atoms with E-state index >= 15 is 0 Å². The summed E-state index contributed by atoms with van der Waals surface area (Å²) in [6.07, 6.45) is 0. The van der Waals surface area contributed by atoms with Crippen LogP contribution in [0.25, 0.3) is 0 Å². The lowest BCUT2D eigenvalue weighted by atomic mass is 10.1. The maximum atomic E-state index is 11.8. The van der Waals surface area contributed by atoms with Crippen LogP contribution < -0.4 is 5.32 Å². The number of hydrogen-bond acceptors (Lipinski definition) is 4. The van der Waals surface area contributed by atoms with Crippen molar-refractivity contribution in [3.8, 4) is 6.07 Å². The van der Waals surface area contributed by atoms with Gasteiger partial charge in [0.25, 0.3) is 5.91 Å². The van der Waals surface area contributed by atoms with Crippen LogP contribution in [-0.4, -0.2) is 10.9 Å². The summed E-state index contributed by atoms with van der Waals surface area (Å²) in [4.78, 5) is 15.8. The molecule has 0 bridgehead atoms. The highest BCUT2D eigenvalue weighted by Gasteiger charge is 2.06. The van der Waals surface area contributed by atoms with Crippen LogP contribution in [0.1, 0.15) is 21.6 Å². The molecule has 1 aromatic heterocycles. The predicted molar refractivity (Wildman–Crippen MR) is 64.4 cm³/mol. The van der Waals surface area contributed by atoms with Crippen molar-refractivity contribution >= 4 is 17.2 Å². The zero-order chi connectivity index (χ0) is 12.1. The zero-order valence-electron chi connectivity index (χ0n) is 8.88. The topological polar surface area (TPSA) is 65.8 Å². The summed E-state index contributed by atoms with van der Waals surface area (Å²) in [5.41, 5.74) is 3.52. The summed E-state index contributed by atoms with van der Waals surface area (Å²) in [5.74, 6) is -0.199. The minimum absolute atomic E-state index is 0.199. The second kappa shape index (κ2) is 5.23. The lowest BCUT2D eigenvalue weighted by molar-refractivity contribution is 0.0950. The first-order valence-corrected chi connectivity index (χ1v) is 5.89. The minimum atomic E-state index is -0.199. The van der Waals surface area contributed by atoms with E-state index in [1.165, 1.54) is 11.3 Å². The summed E-state index contributed by atoms with van der Waals surface area (Å²) in [6, 6.07) is 8.60. The fourth-order valence-electron chi connectivity index (χ4n) is 1.33. The highest BCUT2D eigenvalue weighted by Crippen LogP contribution is 2.05. The summed E-state index contributed by atoms with van der Waals surface area (Å²) in [7, 11) is 0. The molecule has 1 N–H and O–H groups in total. The standard InChI is InChI=1S/C12H9N3OS/c13-5-9-2-1-3-10(4-9)12(16)14-6-11-7-17-8-15-11/h1-4,7-8H,6H2,(H,14,16). The number of nitrogens with one attached hydrogen (secondary N) is 1. The first-order chi connectivity index (χ1) is 8.29. The lowest BCUT2D eigenvalue weighted by Crippen LogP contribution is -2.22. The van der Waals surface area contributed by atoms with Crippen LogP contribution in [-0.2, 0) is 6.54 Å². The molecule has 2 rings (SSSR count). The van der Waals surface area contributed by atoms with Gasteiger partial charge in [0.1, 0.15) is 0 Å². The second-order valence-corrected chi connectivity index (χ2v) is 4.07. The third kappa shape index (κ3) is 2.89. The normalized spacial score (nSPS) is 9.59. The molecule has 0 saturated heterocycles. The number of nitrogens with zero attached hydrogens (tertiary/aromatic N) is 2. The van der Waals surface area contributed by atoms with E-state index in [4.69, 9.17) is 5.26 Å². The van der Waals surface area contributed by atoms with Crippen molar-refractivity contribution in [2.24, 2.45) is 0 Å². The van der Waals surface area contributed by atoms with Crippen molar-refractivity contribution in [2.75, 3.05) is 0 Å². The van der Waals surface area contributed by atoms with E-state index in [1.54, 1.807) is 29.8 Å². The first-order valence-electron chi connectivity index (χ1n) is 4.95. The molecule has 0 unspecified atom stereocenters. The van der Waals surface area contributed by atoms with Crippen molar-refractivity contribution in [1.29, 1.82) is 5.26 Å². The van der Waals surface area contributed by atoms with Gasteiger partial charge in [0.2, 0.25) is 0 Å². The van der Waals surface area contributed by atoms with Crippen molar-refractivity contribution in [1.82, 2.24) is 10.3 Å². The van der Waals surface area contributed by atoms with Crippen LogP contribution in [0.5, 0.6) is 0 Å². The summed E-state index contributed by atoms with van der Waals surface area (Å²) >= 11 is 1.49. The van der Waals surface area contributed by atoms with Crippen molar-refractivity contribution in [2.45, 2.75) is 6.54 Å². The van der Waals surface area contributed by atoms with Crippen molar-refractivity contribution in [3.05, 3.63) is 52.0 Å². The molecule has 0 spiro atoms. The Hall–Kier alpha value is -2.19. The number of benzene rings is 1. The van der Waals surface area contributed by atoms with Gasteiger partial charge in [0.05, 0.1) is 29.4 Å². The number of aromatic nitrogens is 1. The van der Waals surface area contributed by atoms with Gasteiger partial charge in [-0.1, -0.05) is 6.07 Å². The Labute approximate surface area is 103 Å². The van der Waals surface area contributed by atoms with E-state index in [0.717, 1.165) is 5.69 Å². The molecule has 2 aromatic rings. The zero-order valence-corrected chi connectivity index (χ0v) is 9.70. The second-order valence-electron chi connectivity index (χ2n) is 3.36. The molecule has 0 radical (unpaired) electrons. The van der Waals surface area contributed by atoms with Crippen LogP contribution in [0.3, 0.4) is 0 Å². The predicted octanol–water partition coefficient (Wildman–Crippen LogP) is 1.94. The molecule has 17 heavy (non-hydrogen) atoms. The van der Waals surface area contributed by atoms with Gasteiger partial charge in [0, 0.05) is 10.9 Å². The third-order valence-electron chi connectivity index (χ3n) is 2.17. The van der Waals surface area contributed by atoms with Crippen molar-refractivity contribution in [3.63, 3.8) is 0 Å². The van der Waals surface area contributed by atoms with E-state index in [1.807, 2.05) is 11.4 Å². The fourth-order valence-corrected chi connectivity index (χ4v) is 1.89. The van der Waals surface area contributed by atoms with Gasteiger partial charge in [0.15, 0.2) is 0 Å². The highest BCUT2D eigenvalue weighted by molar-refractivity contribution is 7.07. The molecule has 0 aliphatic heterocycles. The summed E-state index contributed by atoms with van der Waals surface area (Å²) in [5, 5.41) is 13.4. The molecule has 4 nitrogen and oxygen atoms in total. The molecule has 0 aliphatic rings. The number of thiazole rings is 1. The largest absolute Gasteiger partial charge is 0.346 e. The molecule has 0 saturated carbocycles. The third-order valence-corrected chi connectivity index (χ3v) is 2.80. The van der Waals surface area contributed by atoms with Gasteiger partial charge in [-0.05, 0) is 18.2 Å². The molecule has 0 aliphatic carbocycles. The van der Waals surface area contributed by atoms with Gasteiger partial charge in [-0.3, -0.25) is 4.79 Å². The molecule has 5 heteroatoms. The maximum absolute atomic E-state index is 11.8. The first kappa shape index (κ1) is 11.3. The number of hydrogen-bond donors (Lipinski definition) is 1. The van der Waals surface area contributed by atoms with Gasteiger partial charge in [-0.25, -0.2) is 4.98 Å². The Balaban J connectivity index is 2.02. The van der Waals surface area contributed by atoms with Gasteiger partial charge < -0.3 is 5.32 Å².